The van der Waals surface area contributed by atoms with Gasteiger partial charge < -0.3 is 10.6 Å². The van der Waals surface area contributed by atoms with Crippen LogP contribution < -0.4 is 10.6 Å². The average Bonchev–Trinajstić information content (AvgIpc) is 2.77. The average molecular weight is 432 g/mol. The number of anilines is 4. The fraction of sp³-hybridized carbons (Fsp3) is 0.125. The molecule has 0 aliphatic rings. The van der Waals surface area contributed by atoms with E-state index in [2.05, 4.69) is 25.6 Å². The molecule has 0 unspecified atom stereocenters. The number of benzene rings is 3. The van der Waals surface area contributed by atoms with Crippen molar-refractivity contribution in [3.63, 3.8) is 0 Å². The molecule has 1 aromatic heterocycles. The highest BCUT2D eigenvalue weighted by Gasteiger charge is 2.09. The van der Waals surface area contributed by atoms with Crippen molar-refractivity contribution in [1.29, 1.82) is 0 Å². The molecule has 0 amide bonds. The molecule has 0 spiro atoms. The highest BCUT2D eigenvalue weighted by atomic mass is 32.2. The van der Waals surface area contributed by atoms with Gasteiger partial charge in [0.2, 0.25) is 11.9 Å². The third-order valence-electron chi connectivity index (χ3n) is 4.51. The van der Waals surface area contributed by atoms with Crippen LogP contribution in [0.4, 0.5) is 27.7 Å². The summed E-state index contributed by atoms with van der Waals surface area (Å²) in [5.74, 6) is 1.28. The fourth-order valence-electron chi connectivity index (χ4n) is 2.79. The highest BCUT2D eigenvalue weighted by molar-refractivity contribution is 7.98. The number of halogens is 1. The predicted molar refractivity (Wildman–Crippen MR) is 125 cm³/mol. The monoisotopic (exact) mass is 431 g/mol. The normalized spacial score (nSPS) is 10.7. The molecule has 0 saturated carbocycles. The Kier molecular flexibility index (Phi) is 6.43. The molecule has 0 bridgehead atoms. The summed E-state index contributed by atoms with van der Waals surface area (Å²) < 4.78 is 13.2. The fourth-order valence-corrected chi connectivity index (χ4v) is 3.58. The van der Waals surface area contributed by atoms with Gasteiger partial charge >= 0.3 is 0 Å². The summed E-state index contributed by atoms with van der Waals surface area (Å²) in [4.78, 5) is 13.6. The summed E-state index contributed by atoms with van der Waals surface area (Å²) in [6, 6.07) is 22.5. The number of hydrogen-bond acceptors (Lipinski definition) is 6. The van der Waals surface area contributed by atoms with E-state index in [0.717, 1.165) is 16.9 Å². The molecule has 4 aromatic rings. The Balaban J connectivity index is 1.57. The first-order valence-corrected chi connectivity index (χ1v) is 10.8. The summed E-state index contributed by atoms with van der Waals surface area (Å²) in [6.45, 7) is 4.08. The van der Waals surface area contributed by atoms with Crippen molar-refractivity contribution >= 4 is 35.0 Å². The molecule has 0 aliphatic carbocycles. The quantitative estimate of drug-likeness (QED) is 0.330. The van der Waals surface area contributed by atoms with E-state index in [9.17, 15) is 4.39 Å². The van der Waals surface area contributed by atoms with E-state index in [1.807, 2.05) is 62.4 Å². The maximum atomic E-state index is 13.2. The number of thioether (sulfide) groups is 1. The van der Waals surface area contributed by atoms with E-state index in [0.29, 0.717) is 22.8 Å². The third kappa shape index (κ3) is 6.02. The predicted octanol–water partition coefficient (Wildman–Crippen LogP) is 6.41. The lowest BCUT2D eigenvalue weighted by Crippen LogP contribution is -2.05. The highest BCUT2D eigenvalue weighted by Crippen LogP contribution is 2.24. The smallest absolute Gasteiger partial charge is 0.233 e. The number of aromatic nitrogens is 3. The molecule has 3 aromatic carbocycles. The van der Waals surface area contributed by atoms with Crippen molar-refractivity contribution in [3.05, 3.63) is 95.3 Å². The third-order valence-corrected chi connectivity index (χ3v) is 5.43. The lowest BCUT2D eigenvalue weighted by Gasteiger charge is -2.11. The lowest BCUT2D eigenvalue weighted by molar-refractivity contribution is 0.627. The lowest BCUT2D eigenvalue weighted by atomic mass is 10.2. The van der Waals surface area contributed by atoms with Crippen LogP contribution in [0.25, 0.3) is 0 Å². The molecule has 31 heavy (non-hydrogen) atoms. The summed E-state index contributed by atoms with van der Waals surface area (Å²) in [6.07, 6.45) is 0. The van der Waals surface area contributed by atoms with Gasteiger partial charge in [0.15, 0.2) is 5.16 Å². The second-order valence-electron chi connectivity index (χ2n) is 7.16. The van der Waals surface area contributed by atoms with Crippen molar-refractivity contribution < 1.29 is 4.39 Å². The van der Waals surface area contributed by atoms with E-state index >= 15 is 0 Å². The summed E-state index contributed by atoms with van der Waals surface area (Å²) in [5.41, 5.74) is 5.14. The number of hydrogen-bond donors (Lipinski definition) is 2. The Labute approximate surface area is 185 Å². The number of nitrogens with one attached hydrogen (secondary N) is 2. The molecule has 0 radical (unpaired) electrons. The van der Waals surface area contributed by atoms with Gasteiger partial charge in [-0.05, 0) is 55.8 Å². The summed E-state index contributed by atoms with van der Waals surface area (Å²) >= 11 is 1.47. The molecular weight excluding hydrogens is 409 g/mol. The minimum atomic E-state index is -0.247. The van der Waals surface area contributed by atoms with Crippen LogP contribution in [0.2, 0.25) is 0 Å². The van der Waals surface area contributed by atoms with Crippen LogP contribution in [0.5, 0.6) is 0 Å². The van der Waals surface area contributed by atoms with E-state index in [-0.39, 0.29) is 5.82 Å². The van der Waals surface area contributed by atoms with E-state index in [4.69, 9.17) is 0 Å². The zero-order chi connectivity index (χ0) is 21.6. The minimum Gasteiger partial charge on any atom is -0.324 e. The van der Waals surface area contributed by atoms with Crippen molar-refractivity contribution in [2.45, 2.75) is 24.8 Å². The van der Waals surface area contributed by atoms with Gasteiger partial charge in [0.25, 0.3) is 0 Å². The van der Waals surface area contributed by atoms with Crippen LogP contribution in [0.3, 0.4) is 0 Å². The van der Waals surface area contributed by atoms with E-state index in [1.54, 1.807) is 12.1 Å². The molecule has 7 heteroatoms. The maximum absolute atomic E-state index is 13.2. The second-order valence-corrected chi connectivity index (χ2v) is 8.10. The van der Waals surface area contributed by atoms with Gasteiger partial charge in [-0.25, -0.2) is 4.39 Å². The Morgan fingerprint density at radius 1 is 0.677 bits per heavy atom. The van der Waals surface area contributed by atoms with Crippen LogP contribution in [-0.2, 0) is 5.75 Å². The van der Waals surface area contributed by atoms with Crippen LogP contribution >= 0.6 is 11.8 Å². The van der Waals surface area contributed by atoms with E-state index < -0.39 is 0 Å². The Hall–Kier alpha value is -3.45. The molecule has 0 atom stereocenters. The van der Waals surface area contributed by atoms with Crippen molar-refractivity contribution in [2.75, 3.05) is 10.6 Å². The molecule has 2 N–H and O–H groups in total. The van der Waals surface area contributed by atoms with Crippen molar-refractivity contribution in [2.24, 2.45) is 0 Å². The molecule has 156 valence electrons. The van der Waals surface area contributed by atoms with Gasteiger partial charge in [-0.1, -0.05) is 59.3 Å². The molecule has 0 saturated heterocycles. The largest absolute Gasteiger partial charge is 0.324 e. The Morgan fingerprint density at radius 3 is 1.65 bits per heavy atom. The van der Waals surface area contributed by atoms with Crippen LogP contribution in [0.15, 0.2) is 78.0 Å². The van der Waals surface area contributed by atoms with Gasteiger partial charge in [0, 0.05) is 17.1 Å². The second kappa shape index (κ2) is 9.57. The Morgan fingerprint density at radius 2 is 1.16 bits per heavy atom. The first kappa shape index (κ1) is 20.8. The van der Waals surface area contributed by atoms with Gasteiger partial charge in [-0.2, -0.15) is 15.0 Å². The SMILES string of the molecule is Cc1ccc(Nc2nc(Nc3ccc(C)cc3)nc(SCc3ccc(F)cc3)n2)cc1. The molecule has 1 heterocycles. The number of rotatable bonds is 7. The topological polar surface area (TPSA) is 62.7 Å². The number of nitrogens with zero attached hydrogens (tertiary/aromatic N) is 3. The summed E-state index contributed by atoms with van der Waals surface area (Å²) in [7, 11) is 0. The van der Waals surface area contributed by atoms with Gasteiger partial charge in [-0.3, -0.25) is 0 Å². The van der Waals surface area contributed by atoms with Gasteiger partial charge in [-0.15, -0.1) is 0 Å². The van der Waals surface area contributed by atoms with Gasteiger partial charge in [0.05, 0.1) is 0 Å². The van der Waals surface area contributed by atoms with Crippen LogP contribution in [0, 0.1) is 19.7 Å². The van der Waals surface area contributed by atoms with Crippen LogP contribution in [0.1, 0.15) is 16.7 Å². The standard InChI is InChI=1S/C24H22FN5S/c1-16-3-11-20(12-4-16)26-22-28-23(27-21-13-5-17(2)6-14-21)30-24(29-22)31-15-18-7-9-19(25)10-8-18/h3-14H,15H2,1-2H3,(H2,26,27,28,29,30). The first-order valence-electron chi connectivity index (χ1n) is 9.84. The summed E-state index contributed by atoms with van der Waals surface area (Å²) in [5, 5.41) is 7.07. The van der Waals surface area contributed by atoms with Crippen molar-refractivity contribution in [3.8, 4) is 0 Å². The maximum Gasteiger partial charge on any atom is 0.233 e. The van der Waals surface area contributed by atoms with Crippen LogP contribution in [-0.4, -0.2) is 15.0 Å². The minimum absolute atomic E-state index is 0.247. The zero-order valence-electron chi connectivity index (χ0n) is 17.3. The first-order chi connectivity index (χ1) is 15.0. The van der Waals surface area contributed by atoms with Gasteiger partial charge in [0.1, 0.15) is 5.82 Å². The zero-order valence-corrected chi connectivity index (χ0v) is 18.1. The number of aryl methyl sites for hydroxylation is 2. The Bertz CT molecular complexity index is 1080. The molecular formula is C24H22FN5S. The molecule has 0 fully saturated rings. The molecule has 5 nitrogen and oxygen atoms in total. The molecule has 4 rings (SSSR count). The van der Waals surface area contributed by atoms with E-state index in [1.165, 1.54) is 35.0 Å². The molecule has 0 aliphatic heterocycles. The van der Waals surface area contributed by atoms with Crippen molar-refractivity contribution in [1.82, 2.24) is 15.0 Å².